The summed E-state index contributed by atoms with van der Waals surface area (Å²) in [5.74, 6) is 0. The van der Waals surface area contributed by atoms with Crippen molar-refractivity contribution in [2.75, 3.05) is 0 Å². The van der Waals surface area contributed by atoms with E-state index in [2.05, 4.69) is 26.2 Å². The molecule has 2 amide bonds. The quantitative estimate of drug-likeness (QED) is 0.410. The molecule has 1 aliphatic heterocycles. The van der Waals surface area contributed by atoms with Crippen LogP contribution in [0.2, 0.25) is 0 Å². The highest BCUT2D eigenvalue weighted by Gasteiger charge is 2.09. The zero-order chi connectivity index (χ0) is 5.28. The lowest BCUT2D eigenvalue weighted by molar-refractivity contribution is 0.252. The Morgan fingerprint density at radius 1 is 2.00 bits per heavy atom. The van der Waals surface area contributed by atoms with Crippen molar-refractivity contribution in [3.8, 4) is 0 Å². The summed E-state index contributed by atoms with van der Waals surface area (Å²) >= 11 is 3.10. The molecule has 0 fully saturated rings. The zero-order valence-electron chi connectivity index (χ0n) is 3.39. The van der Waals surface area contributed by atoms with E-state index in [0.29, 0.717) is 0 Å². The Morgan fingerprint density at radius 3 is 2.86 bits per heavy atom. The number of carbonyl (C=O) groups excluding carboxylic acids is 1. The molecule has 0 saturated carbocycles. The molecule has 38 valence electrons. The van der Waals surface area contributed by atoms with Gasteiger partial charge in [-0.25, -0.2) is 9.79 Å². The number of alkyl halides is 1. The van der Waals surface area contributed by atoms with Crippen molar-refractivity contribution in [1.29, 1.82) is 0 Å². The first-order valence-corrected chi connectivity index (χ1v) is 2.69. The standard InChI is InChI=1S/C3H3BrN2O/c4-2-1-5-3(7)6-2/h1-2H,(H,6,7). The lowest BCUT2D eigenvalue weighted by Gasteiger charge is -1.90. The van der Waals surface area contributed by atoms with E-state index in [9.17, 15) is 4.79 Å². The molecule has 1 aliphatic rings. The summed E-state index contributed by atoms with van der Waals surface area (Å²) in [6.45, 7) is 0. The second-order valence-electron chi connectivity index (χ2n) is 1.13. The maximum atomic E-state index is 10.1. The summed E-state index contributed by atoms with van der Waals surface area (Å²) in [6.07, 6.45) is 1.50. The first-order chi connectivity index (χ1) is 3.29. The molecule has 3 nitrogen and oxygen atoms in total. The molecule has 0 aliphatic carbocycles. The van der Waals surface area contributed by atoms with Crippen LogP contribution in [0.4, 0.5) is 4.79 Å². The van der Waals surface area contributed by atoms with Gasteiger partial charge in [0, 0.05) is 6.21 Å². The van der Waals surface area contributed by atoms with Crippen LogP contribution in [0.25, 0.3) is 0 Å². The topological polar surface area (TPSA) is 41.5 Å². The molecule has 1 atom stereocenters. The highest BCUT2D eigenvalue weighted by molar-refractivity contribution is 9.09. The van der Waals surface area contributed by atoms with Crippen molar-refractivity contribution < 1.29 is 4.79 Å². The maximum Gasteiger partial charge on any atom is 0.341 e. The number of aliphatic imine (C=N–C) groups is 1. The average molecular weight is 163 g/mol. The van der Waals surface area contributed by atoms with Crippen molar-refractivity contribution in [2.24, 2.45) is 4.99 Å². The second kappa shape index (κ2) is 1.61. The first-order valence-electron chi connectivity index (χ1n) is 1.78. The second-order valence-corrected chi connectivity index (χ2v) is 2.12. The highest BCUT2D eigenvalue weighted by atomic mass is 79.9. The van der Waals surface area contributed by atoms with Crippen LogP contribution in [0.15, 0.2) is 4.99 Å². The van der Waals surface area contributed by atoms with E-state index < -0.39 is 0 Å². The fourth-order valence-corrected chi connectivity index (χ4v) is 0.640. The van der Waals surface area contributed by atoms with Gasteiger partial charge in [-0.3, -0.25) is 0 Å². The van der Waals surface area contributed by atoms with E-state index in [1.54, 1.807) is 0 Å². The molecule has 0 aromatic carbocycles. The molecule has 4 heteroatoms. The molecular weight excluding hydrogens is 160 g/mol. The Bertz CT molecular complexity index is 122. The van der Waals surface area contributed by atoms with Gasteiger partial charge >= 0.3 is 6.03 Å². The van der Waals surface area contributed by atoms with Crippen LogP contribution in [-0.4, -0.2) is 17.2 Å². The number of hydrogen-bond donors (Lipinski definition) is 1. The summed E-state index contributed by atoms with van der Waals surface area (Å²) in [7, 11) is 0. The van der Waals surface area contributed by atoms with Gasteiger partial charge in [0.15, 0.2) is 0 Å². The summed E-state index contributed by atoms with van der Waals surface area (Å²) in [5, 5.41) is 2.47. The van der Waals surface area contributed by atoms with E-state index in [0.717, 1.165) is 0 Å². The summed E-state index contributed by atoms with van der Waals surface area (Å²) in [5.41, 5.74) is 0. The molecule has 1 unspecified atom stereocenters. The van der Waals surface area contributed by atoms with Gasteiger partial charge in [0.1, 0.15) is 4.95 Å². The van der Waals surface area contributed by atoms with E-state index >= 15 is 0 Å². The minimum atomic E-state index is -0.276. The Labute approximate surface area is 48.9 Å². The molecule has 1 N–H and O–H groups in total. The lowest BCUT2D eigenvalue weighted by Crippen LogP contribution is -2.20. The molecule has 0 radical (unpaired) electrons. The molecular formula is C3H3BrN2O. The number of carbonyl (C=O) groups is 1. The third-order valence-corrected chi connectivity index (χ3v) is 1.05. The van der Waals surface area contributed by atoms with Gasteiger partial charge in [0.2, 0.25) is 0 Å². The van der Waals surface area contributed by atoms with Gasteiger partial charge in [-0.2, -0.15) is 0 Å². The number of hydrogen-bond acceptors (Lipinski definition) is 1. The van der Waals surface area contributed by atoms with Crippen molar-refractivity contribution in [3.63, 3.8) is 0 Å². The molecule has 1 heterocycles. The lowest BCUT2D eigenvalue weighted by atomic mass is 10.8. The number of nitrogens with one attached hydrogen (secondary N) is 1. The molecule has 0 saturated heterocycles. The largest absolute Gasteiger partial charge is 0.341 e. The van der Waals surface area contributed by atoms with Crippen molar-refractivity contribution in [3.05, 3.63) is 0 Å². The van der Waals surface area contributed by atoms with E-state index in [-0.39, 0.29) is 11.0 Å². The fourth-order valence-electron chi connectivity index (χ4n) is 0.326. The summed E-state index contributed by atoms with van der Waals surface area (Å²) < 4.78 is 0. The van der Waals surface area contributed by atoms with Crippen LogP contribution in [-0.2, 0) is 0 Å². The van der Waals surface area contributed by atoms with Gasteiger partial charge in [0.05, 0.1) is 0 Å². The van der Waals surface area contributed by atoms with E-state index in [1.165, 1.54) is 6.21 Å². The monoisotopic (exact) mass is 162 g/mol. The van der Waals surface area contributed by atoms with Gasteiger partial charge in [-0.05, 0) is 0 Å². The number of nitrogens with zero attached hydrogens (tertiary/aromatic N) is 1. The highest BCUT2D eigenvalue weighted by Crippen LogP contribution is 1.96. The summed E-state index contributed by atoms with van der Waals surface area (Å²) in [6, 6.07) is -0.276. The van der Waals surface area contributed by atoms with Crippen LogP contribution >= 0.6 is 15.9 Å². The van der Waals surface area contributed by atoms with Crippen molar-refractivity contribution >= 4 is 28.2 Å². The zero-order valence-corrected chi connectivity index (χ0v) is 4.97. The number of amides is 2. The predicted molar refractivity (Wildman–Crippen MR) is 29.7 cm³/mol. The van der Waals surface area contributed by atoms with Crippen LogP contribution in [0.5, 0.6) is 0 Å². The Kier molecular flexibility index (Phi) is 1.10. The Balaban J connectivity index is 2.58. The van der Waals surface area contributed by atoms with Crippen LogP contribution in [0.3, 0.4) is 0 Å². The van der Waals surface area contributed by atoms with Crippen molar-refractivity contribution in [2.45, 2.75) is 4.95 Å². The smallest absolute Gasteiger partial charge is 0.319 e. The van der Waals surface area contributed by atoms with Gasteiger partial charge < -0.3 is 5.32 Å². The molecule has 7 heavy (non-hydrogen) atoms. The third-order valence-electron chi connectivity index (χ3n) is 0.584. The van der Waals surface area contributed by atoms with Gasteiger partial charge in [-0.1, -0.05) is 15.9 Å². The molecule has 0 bridgehead atoms. The number of urea groups is 1. The maximum absolute atomic E-state index is 10.1. The Morgan fingerprint density at radius 2 is 2.71 bits per heavy atom. The van der Waals surface area contributed by atoms with Crippen LogP contribution in [0, 0.1) is 0 Å². The van der Waals surface area contributed by atoms with Crippen LogP contribution in [0.1, 0.15) is 0 Å². The van der Waals surface area contributed by atoms with E-state index in [4.69, 9.17) is 0 Å². The van der Waals surface area contributed by atoms with Gasteiger partial charge in [0.25, 0.3) is 0 Å². The predicted octanol–water partition coefficient (Wildman–Crippen LogP) is 0.501. The molecule has 0 spiro atoms. The molecule has 1 rings (SSSR count). The SMILES string of the molecule is O=C1N=CC(Br)N1. The minimum absolute atomic E-state index is 0.0556. The number of rotatable bonds is 0. The molecule has 0 aromatic heterocycles. The number of halogens is 1. The average Bonchev–Trinajstić information content (AvgIpc) is 1.87. The fraction of sp³-hybridized carbons (Fsp3) is 0.333. The van der Waals surface area contributed by atoms with E-state index in [1.807, 2.05) is 0 Å². The normalized spacial score (nSPS) is 28.1. The van der Waals surface area contributed by atoms with Crippen molar-refractivity contribution in [1.82, 2.24) is 5.32 Å². The summed E-state index contributed by atoms with van der Waals surface area (Å²) in [4.78, 5) is 13.5. The van der Waals surface area contributed by atoms with Crippen LogP contribution < -0.4 is 5.32 Å². The van der Waals surface area contributed by atoms with Gasteiger partial charge in [-0.15, -0.1) is 0 Å². The third kappa shape index (κ3) is 0.991. The molecule has 0 aromatic rings. The first kappa shape index (κ1) is 4.77. The minimum Gasteiger partial charge on any atom is -0.319 e. The Hall–Kier alpha value is -0.380.